The molecule has 1 atom stereocenters. The Bertz CT molecular complexity index is 415. The molecule has 1 rings (SSSR count). The lowest BCUT2D eigenvalue weighted by molar-refractivity contribution is 0.414. The molecule has 3 nitrogen and oxygen atoms in total. The lowest BCUT2D eigenvalue weighted by atomic mass is 10.2. The Hall–Kier alpha value is -0.710. The number of rotatable bonds is 3. The van der Waals surface area contributed by atoms with E-state index in [1.165, 1.54) is 6.21 Å². The maximum absolute atomic E-state index is 11.8. The van der Waals surface area contributed by atoms with Crippen LogP contribution in [-0.4, -0.2) is 22.6 Å². The van der Waals surface area contributed by atoms with Crippen molar-refractivity contribution in [3.05, 3.63) is 28.8 Å². The molecule has 0 fully saturated rings. The standard InChI is InChI=1S/C12H16ClNO2S/c1-12(2,3)17(15)14-8-9-10(13)6-5-7-11(9)16-4/h5-8H,1-4H3. The molecule has 0 heterocycles. The largest absolute Gasteiger partial charge is 0.591 e. The lowest BCUT2D eigenvalue weighted by Crippen LogP contribution is -2.25. The highest BCUT2D eigenvalue weighted by molar-refractivity contribution is 7.91. The van der Waals surface area contributed by atoms with E-state index in [9.17, 15) is 4.55 Å². The molecule has 0 saturated heterocycles. The summed E-state index contributed by atoms with van der Waals surface area (Å²) < 4.78 is 20.6. The number of nitrogens with zero attached hydrogens (tertiary/aromatic N) is 1. The first-order valence-corrected chi connectivity index (χ1v) is 6.63. The summed E-state index contributed by atoms with van der Waals surface area (Å²) in [6, 6.07) is 5.32. The van der Waals surface area contributed by atoms with Crippen molar-refractivity contribution < 1.29 is 9.29 Å². The van der Waals surface area contributed by atoms with Crippen molar-refractivity contribution in [1.29, 1.82) is 0 Å². The van der Waals surface area contributed by atoms with Crippen LogP contribution in [0.15, 0.2) is 22.6 Å². The van der Waals surface area contributed by atoms with Gasteiger partial charge >= 0.3 is 0 Å². The van der Waals surface area contributed by atoms with Crippen LogP contribution < -0.4 is 4.74 Å². The maximum atomic E-state index is 11.8. The maximum Gasteiger partial charge on any atom is 0.144 e. The first kappa shape index (κ1) is 14.4. The SMILES string of the molecule is COc1cccc(Cl)c1C=N[S+]([O-])C(C)(C)C. The van der Waals surface area contributed by atoms with E-state index in [1.807, 2.05) is 20.8 Å². The minimum atomic E-state index is -1.30. The topological polar surface area (TPSA) is 44.6 Å². The number of halogens is 1. The van der Waals surface area contributed by atoms with Crippen molar-refractivity contribution in [3.63, 3.8) is 0 Å². The van der Waals surface area contributed by atoms with E-state index in [4.69, 9.17) is 16.3 Å². The van der Waals surface area contributed by atoms with Crippen molar-refractivity contribution in [2.75, 3.05) is 7.11 Å². The molecule has 0 spiro atoms. The Morgan fingerprint density at radius 2 is 2.06 bits per heavy atom. The Morgan fingerprint density at radius 1 is 1.41 bits per heavy atom. The van der Waals surface area contributed by atoms with Gasteiger partial charge in [-0.1, -0.05) is 22.1 Å². The minimum absolute atomic E-state index is 0.384. The zero-order valence-electron chi connectivity index (χ0n) is 10.4. The summed E-state index contributed by atoms with van der Waals surface area (Å²) in [6.07, 6.45) is 1.50. The summed E-state index contributed by atoms with van der Waals surface area (Å²) in [7, 11) is 1.56. The molecule has 5 heteroatoms. The molecule has 0 aliphatic heterocycles. The molecule has 0 aromatic heterocycles. The predicted molar refractivity (Wildman–Crippen MR) is 73.5 cm³/mol. The van der Waals surface area contributed by atoms with Gasteiger partial charge in [0, 0.05) is 0 Å². The van der Waals surface area contributed by atoms with Gasteiger partial charge in [-0.3, -0.25) is 0 Å². The van der Waals surface area contributed by atoms with Gasteiger partial charge in [0.25, 0.3) is 0 Å². The fourth-order valence-electron chi connectivity index (χ4n) is 1.08. The molecule has 0 N–H and O–H groups in total. The summed E-state index contributed by atoms with van der Waals surface area (Å²) >= 11 is 4.73. The van der Waals surface area contributed by atoms with Crippen LogP contribution in [0.3, 0.4) is 0 Å². The van der Waals surface area contributed by atoms with Crippen molar-refractivity contribution in [2.24, 2.45) is 4.40 Å². The highest BCUT2D eigenvalue weighted by atomic mass is 35.5. The van der Waals surface area contributed by atoms with E-state index in [2.05, 4.69) is 4.40 Å². The van der Waals surface area contributed by atoms with Crippen LogP contribution in [0.2, 0.25) is 5.02 Å². The monoisotopic (exact) mass is 273 g/mol. The van der Waals surface area contributed by atoms with Gasteiger partial charge < -0.3 is 9.29 Å². The second kappa shape index (κ2) is 5.76. The van der Waals surface area contributed by atoms with Gasteiger partial charge in [0.15, 0.2) is 0 Å². The van der Waals surface area contributed by atoms with Crippen LogP contribution in [0, 0.1) is 0 Å². The van der Waals surface area contributed by atoms with Gasteiger partial charge in [0.1, 0.15) is 21.9 Å². The Balaban J connectivity index is 2.99. The van der Waals surface area contributed by atoms with E-state index in [0.717, 1.165) is 0 Å². The van der Waals surface area contributed by atoms with Gasteiger partial charge in [-0.05, 0) is 32.9 Å². The van der Waals surface area contributed by atoms with Crippen LogP contribution in [0.25, 0.3) is 0 Å². The first-order valence-electron chi connectivity index (χ1n) is 5.15. The van der Waals surface area contributed by atoms with Gasteiger partial charge in [-0.25, -0.2) is 0 Å². The van der Waals surface area contributed by atoms with Crippen molar-refractivity contribution in [1.82, 2.24) is 0 Å². The predicted octanol–water partition coefficient (Wildman–Crippen LogP) is 3.23. The second-order valence-electron chi connectivity index (χ2n) is 4.45. The number of hydrogen-bond acceptors (Lipinski definition) is 3. The number of hydrogen-bond donors (Lipinski definition) is 0. The molecule has 17 heavy (non-hydrogen) atoms. The summed E-state index contributed by atoms with van der Waals surface area (Å²) in [6.45, 7) is 5.60. The Labute approximate surface area is 110 Å². The molecular weight excluding hydrogens is 258 g/mol. The van der Waals surface area contributed by atoms with Crippen LogP contribution in [-0.2, 0) is 11.4 Å². The zero-order chi connectivity index (χ0) is 13.1. The van der Waals surface area contributed by atoms with Crippen LogP contribution in [0.4, 0.5) is 0 Å². The molecule has 0 radical (unpaired) electrons. The van der Waals surface area contributed by atoms with Gasteiger partial charge in [-0.2, -0.15) is 0 Å². The average molecular weight is 274 g/mol. The Kier molecular flexibility index (Phi) is 4.86. The third-order valence-corrected chi connectivity index (χ3v) is 3.71. The highest BCUT2D eigenvalue weighted by Crippen LogP contribution is 2.25. The van der Waals surface area contributed by atoms with Gasteiger partial charge in [0.2, 0.25) is 0 Å². The molecule has 0 aliphatic carbocycles. The quantitative estimate of drug-likeness (QED) is 0.627. The summed E-state index contributed by atoms with van der Waals surface area (Å²) in [5, 5.41) is 0.527. The summed E-state index contributed by atoms with van der Waals surface area (Å²) in [5.41, 5.74) is 0.647. The normalized spacial score (nSPS) is 14.0. The van der Waals surface area contributed by atoms with Crippen LogP contribution in [0.5, 0.6) is 5.75 Å². The fourth-order valence-corrected chi connectivity index (χ4v) is 1.81. The first-order chi connectivity index (χ1) is 7.86. The van der Waals surface area contributed by atoms with E-state index in [1.54, 1.807) is 25.3 Å². The molecule has 0 aliphatic rings. The molecule has 1 unspecified atom stereocenters. The van der Waals surface area contributed by atoms with Crippen molar-refractivity contribution in [2.45, 2.75) is 25.5 Å². The minimum Gasteiger partial charge on any atom is -0.591 e. The van der Waals surface area contributed by atoms with Crippen LogP contribution >= 0.6 is 11.6 Å². The van der Waals surface area contributed by atoms with Crippen molar-refractivity contribution in [3.8, 4) is 5.75 Å². The van der Waals surface area contributed by atoms with Gasteiger partial charge in [-0.15, -0.1) is 0 Å². The van der Waals surface area contributed by atoms with Crippen LogP contribution in [0.1, 0.15) is 26.3 Å². The Morgan fingerprint density at radius 3 is 2.59 bits per heavy atom. The molecule has 1 aromatic carbocycles. The number of benzene rings is 1. The summed E-state index contributed by atoms with van der Waals surface area (Å²) in [5.74, 6) is 0.618. The fraction of sp³-hybridized carbons (Fsp3) is 0.417. The molecule has 1 aromatic rings. The van der Waals surface area contributed by atoms with Crippen molar-refractivity contribution >= 4 is 29.2 Å². The summed E-state index contributed by atoms with van der Waals surface area (Å²) in [4.78, 5) is 0. The molecule has 0 bridgehead atoms. The number of methoxy groups -OCH3 is 1. The molecule has 0 saturated carbocycles. The number of ether oxygens (including phenoxy) is 1. The second-order valence-corrected chi connectivity index (χ2v) is 6.79. The van der Waals surface area contributed by atoms with E-state index >= 15 is 0 Å². The van der Waals surface area contributed by atoms with E-state index in [-0.39, 0.29) is 4.75 Å². The third kappa shape index (κ3) is 3.91. The van der Waals surface area contributed by atoms with E-state index in [0.29, 0.717) is 16.3 Å². The molecular formula is C12H16ClNO2S. The third-order valence-electron chi connectivity index (χ3n) is 2.03. The smallest absolute Gasteiger partial charge is 0.144 e. The average Bonchev–Trinajstić information content (AvgIpc) is 2.25. The molecule has 94 valence electrons. The highest BCUT2D eigenvalue weighted by Gasteiger charge is 2.26. The lowest BCUT2D eigenvalue weighted by Gasteiger charge is -2.17. The van der Waals surface area contributed by atoms with Gasteiger partial charge in [0.05, 0.1) is 23.9 Å². The van der Waals surface area contributed by atoms with E-state index < -0.39 is 11.4 Å². The zero-order valence-corrected chi connectivity index (χ0v) is 11.9. The molecule has 0 amide bonds.